The minimum Gasteiger partial charge on any atom is -0.489 e. The first-order valence-corrected chi connectivity index (χ1v) is 9.26. The highest BCUT2D eigenvalue weighted by molar-refractivity contribution is 5.62. The van der Waals surface area contributed by atoms with E-state index in [1.54, 1.807) is 0 Å². The number of benzene rings is 1. The maximum absolute atomic E-state index is 6.04. The summed E-state index contributed by atoms with van der Waals surface area (Å²) >= 11 is 0. The van der Waals surface area contributed by atoms with Gasteiger partial charge < -0.3 is 20.3 Å². The predicted octanol–water partition coefficient (Wildman–Crippen LogP) is 2.27. The highest BCUT2D eigenvalue weighted by Gasteiger charge is 2.27. The summed E-state index contributed by atoms with van der Waals surface area (Å²) in [5.41, 5.74) is 8.00. The summed E-state index contributed by atoms with van der Waals surface area (Å²) in [5, 5.41) is 0. The van der Waals surface area contributed by atoms with Gasteiger partial charge in [-0.15, -0.1) is 0 Å². The lowest BCUT2D eigenvalue weighted by atomic mass is 10.0. The third kappa shape index (κ3) is 4.14. The molecule has 3 rings (SSSR count). The molecule has 0 unspecified atom stereocenters. The van der Waals surface area contributed by atoms with Crippen LogP contribution in [0.1, 0.15) is 26.7 Å². The van der Waals surface area contributed by atoms with Gasteiger partial charge >= 0.3 is 0 Å². The third-order valence-electron chi connectivity index (χ3n) is 5.24. The fourth-order valence-electron chi connectivity index (χ4n) is 3.75. The highest BCUT2D eigenvalue weighted by atomic mass is 16.5. The van der Waals surface area contributed by atoms with Crippen molar-refractivity contribution >= 4 is 11.4 Å². The quantitative estimate of drug-likeness (QED) is 0.857. The third-order valence-corrected chi connectivity index (χ3v) is 5.24. The highest BCUT2D eigenvalue weighted by Crippen LogP contribution is 2.30. The second-order valence-electron chi connectivity index (χ2n) is 7.45. The lowest BCUT2D eigenvalue weighted by Crippen LogP contribution is -2.52. The number of hydrogen-bond acceptors (Lipinski definition) is 5. The van der Waals surface area contributed by atoms with Gasteiger partial charge in [-0.2, -0.15) is 0 Å². The molecule has 0 saturated carbocycles. The summed E-state index contributed by atoms with van der Waals surface area (Å²) in [6, 6.07) is 6.94. The molecule has 0 aliphatic carbocycles. The van der Waals surface area contributed by atoms with Gasteiger partial charge in [0.1, 0.15) is 5.75 Å². The van der Waals surface area contributed by atoms with Gasteiger partial charge in [0.2, 0.25) is 0 Å². The SMILES string of the molecule is CC(C)Oc1cc(N2CCC(N3CCN(C)CC3)CC2)ccc1N. The van der Waals surface area contributed by atoms with Crippen molar-refractivity contribution in [1.82, 2.24) is 9.80 Å². The Hall–Kier alpha value is -1.46. The van der Waals surface area contributed by atoms with Crippen molar-refractivity contribution in [2.24, 2.45) is 0 Å². The topological polar surface area (TPSA) is 45.0 Å². The van der Waals surface area contributed by atoms with E-state index in [0.29, 0.717) is 0 Å². The summed E-state index contributed by atoms with van der Waals surface area (Å²) in [6.45, 7) is 11.1. The molecule has 2 fully saturated rings. The monoisotopic (exact) mass is 332 g/mol. The van der Waals surface area contributed by atoms with Crippen LogP contribution in [-0.2, 0) is 0 Å². The standard InChI is InChI=1S/C19H32N4O/c1-15(2)24-19-14-17(4-5-18(19)20)22-8-6-16(7-9-22)23-12-10-21(3)11-13-23/h4-5,14-16H,6-13,20H2,1-3H3. The molecule has 1 aromatic rings. The Morgan fingerprint density at radius 2 is 1.71 bits per heavy atom. The zero-order chi connectivity index (χ0) is 17.1. The van der Waals surface area contributed by atoms with Crippen LogP contribution in [0.15, 0.2) is 18.2 Å². The summed E-state index contributed by atoms with van der Waals surface area (Å²) in [4.78, 5) is 7.59. The number of anilines is 2. The van der Waals surface area contributed by atoms with E-state index < -0.39 is 0 Å². The number of piperidine rings is 1. The lowest BCUT2D eigenvalue weighted by Gasteiger charge is -2.42. The first-order valence-electron chi connectivity index (χ1n) is 9.26. The Kier molecular flexibility index (Phi) is 5.51. The van der Waals surface area contributed by atoms with Crippen LogP contribution in [0.3, 0.4) is 0 Å². The fraction of sp³-hybridized carbons (Fsp3) is 0.684. The number of nitrogens with zero attached hydrogens (tertiary/aromatic N) is 3. The number of piperazine rings is 1. The molecule has 0 spiro atoms. The maximum atomic E-state index is 6.04. The number of hydrogen-bond donors (Lipinski definition) is 1. The van der Waals surface area contributed by atoms with Crippen molar-refractivity contribution in [2.75, 3.05) is 56.9 Å². The normalized spacial score (nSPS) is 21.4. The van der Waals surface area contributed by atoms with Gasteiger partial charge in [0.15, 0.2) is 0 Å². The molecule has 0 aromatic heterocycles. The molecule has 1 aromatic carbocycles. The minimum atomic E-state index is 0.144. The van der Waals surface area contributed by atoms with Crippen LogP contribution in [0.25, 0.3) is 0 Å². The molecule has 5 nitrogen and oxygen atoms in total. The molecule has 0 amide bonds. The van der Waals surface area contributed by atoms with Crippen LogP contribution < -0.4 is 15.4 Å². The Morgan fingerprint density at radius 3 is 2.33 bits per heavy atom. The molecule has 2 N–H and O–H groups in total. The van der Waals surface area contributed by atoms with Crippen LogP contribution in [-0.4, -0.2) is 68.3 Å². The predicted molar refractivity (Wildman–Crippen MR) is 101 cm³/mol. The minimum absolute atomic E-state index is 0.144. The molecule has 2 saturated heterocycles. The molecule has 0 bridgehead atoms. The first-order chi connectivity index (χ1) is 11.5. The number of nitrogens with two attached hydrogens (primary N) is 1. The van der Waals surface area contributed by atoms with E-state index in [-0.39, 0.29) is 6.10 Å². The Balaban J connectivity index is 1.58. The van der Waals surface area contributed by atoms with Crippen LogP contribution in [0, 0.1) is 0 Å². The summed E-state index contributed by atoms with van der Waals surface area (Å²) in [5.74, 6) is 0.809. The zero-order valence-corrected chi connectivity index (χ0v) is 15.4. The van der Waals surface area contributed by atoms with E-state index in [1.165, 1.54) is 44.7 Å². The Morgan fingerprint density at radius 1 is 1.04 bits per heavy atom. The molecule has 0 atom stereocenters. The van der Waals surface area contributed by atoms with Crippen molar-refractivity contribution in [2.45, 2.75) is 38.8 Å². The Labute approximate surface area is 146 Å². The van der Waals surface area contributed by atoms with Crippen LogP contribution in [0.4, 0.5) is 11.4 Å². The van der Waals surface area contributed by atoms with Crippen molar-refractivity contribution in [3.05, 3.63) is 18.2 Å². The van der Waals surface area contributed by atoms with E-state index in [0.717, 1.165) is 30.6 Å². The average molecular weight is 332 g/mol. The smallest absolute Gasteiger partial charge is 0.144 e. The zero-order valence-electron chi connectivity index (χ0n) is 15.4. The number of ether oxygens (including phenoxy) is 1. The number of nitrogen functional groups attached to an aromatic ring is 1. The van der Waals surface area contributed by atoms with Gasteiger partial charge in [-0.3, -0.25) is 4.90 Å². The fourth-order valence-corrected chi connectivity index (χ4v) is 3.75. The molecular formula is C19H32N4O. The van der Waals surface area contributed by atoms with Crippen molar-refractivity contribution in [1.29, 1.82) is 0 Å². The van der Waals surface area contributed by atoms with E-state index in [9.17, 15) is 0 Å². The molecule has 5 heteroatoms. The summed E-state index contributed by atoms with van der Waals surface area (Å²) < 4.78 is 5.84. The van der Waals surface area contributed by atoms with E-state index in [1.807, 2.05) is 19.9 Å². The van der Waals surface area contributed by atoms with E-state index >= 15 is 0 Å². The number of rotatable bonds is 4. The second kappa shape index (κ2) is 7.62. The average Bonchev–Trinajstić information content (AvgIpc) is 2.57. The van der Waals surface area contributed by atoms with Crippen LogP contribution in [0.2, 0.25) is 0 Å². The van der Waals surface area contributed by atoms with Gasteiger partial charge in [0.05, 0.1) is 11.8 Å². The van der Waals surface area contributed by atoms with Crippen molar-refractivity contribution < 1.29 is 4.74 Å². The van der Waals surface area contributed by atoms with Gasteiger partial charge in [-0.05, 0) is 45.9 Å². The molecule has 134 valence electrons. The van der Waals surface area contributed by atoms with E-state index in [2.05, 4.69) is 33.9 Å². The molecule has 2 heterocycles. The van der Waals surface area contributed by atoms with Crippen molar-refractivity contribution in [3.8, 4) is 5.75 Å². The van der Waals surface area contributed by atoms with Gasteiger partial charge in [-0.25, -0.2) is 0 Å². The summed E-state index contributed by atoms with van der Waals surface area (Å²) in [6.07, 6.45) is 2.63. The van der Waals surface area contributed by atoms with Crippen LogP contribution >= 0.6 is 0 Å². The van der Waals surface area contributed by atoms with E-state index in [4.69, 9.17) is 10.5 Å². The molecule has 2 aliphatic rings. The van der Waals surface area contributed by atoms with Gasteiger partial charge in [0.25, 0.3) is 0 Å². The first kappa shape index (κ1) is 17.4. The number of likely N-dealkylation sites (N-methyl/N-ethyl adjacent to an activating group) is 1. The summed E-state index contributed by atoms with van der Waals surface area (Å²) in [7, 11) is 2.22. The second-order valence-corrected chi connectivity index (χ2v) is 7.45. The Bertz CT molecular complexity index is 532. The van der Waals surface area contributed by atoms with Crippen LogP contribution in [0.5, 0.6) is 5.75 Å². The van der Waals surface area contributed by atoms with Gasteiger partial charge in [0, 0.05) is 57.1 Å². The maximum Gasteiger partial charge on any atom is 0.144 e. The molecule has 0 radical (unpaired) electrons. The van der Waals surface area contributed by atoms with Crippen molar-refractivity contribution in [3.63, 3.8) is 0 Å². The van der Waals surface area contributed by atoms with Gasteiger partial charge in [-0.1, -0.05) is 0 Å². The molecule has 2 aliphatic heterocycles. The molecular weight excluding hydrogens is 300 g/mol. The molecule has 24 heavy (non-hydrogen) atoms. The lowest BCUT2D eigenvalue weighted by molar-refractivity contribution is 0.0982. The largest absolute Gasteiger partial charge is 0.489 e.